The first-order valence-corrected chi connectivity index (χ1v) is 8.07. The molecular weight excluding hydrogens is 302 g/mol. The summed E-state index contributed by atoms with van der Waals surface area (Å²) in [5.74, 6) is 0.391. The second kappa shape index (κ2) is 7.75. The van der Waals surface area contributed by atoms with Crippen molar-refractivity contribution in [2.75, 3.05) is 31.7 Å². The van der Waals surface area contributed by atoms with E-state index in [0.29, 0.717) is 32.1 Å². The van der Waals surface area contributed by atoms with E-state index in [4.69, 9.17) is 4.74 Å². The lowest BCUT2D eigenvalue weighted by molar-refractivity contribution is -0.112. The van der Waals surface area contributed by atoms with E-state index < -0.39 is 0 Å². The van der Waals surface area contributed by atoms with Crippen LogP contribution < -0.4 is 5.43 Å². The molecule has 0 radical (unpaired) electrons. The Labute approximate surface area is 141 Å². The van der Waals surface area contributed by atoms with E-state index in [2.05, 4.69) is 22.7 Å². The number of hydrogen-bond acceptors (Lipinski definition) is 4. The zero-order chi connectivity index (χ0) is 16.8. The van der Waals surface area contributed by atoms with Crippen LogP contribution in [0.4, 0.5) is 5.69 Å². The highest BCUT2D eigenvalue weighted by atomic mass is 16.5. The number of carbonyl (C=O) groups excluding carboxylic acids is 1. The number of ether oxygens (including phenoxy) is 1. The minimum absolute atomic E-state index is 0.0541. The highest BCUT2D eigenvalue weighted by Gasteiger charge is 2.19. The molecule has 0 bridgehead atoms. The van der Waals surface area contributed by atoms with Gasteiger partial charge in [-0.25, -0.2) is 0 Å². The molecule has 3 rings (SSSR count). The van der Waals surface area contributed by atoms with E-state index in [0.717, 1.165) is 16.8 Å². The van der Waals surface area contributed by atoms with Gasteiger partial charge in [-0.3, -0.25) is 10.2 Å². The third-order valence-electron chi connectivity index (χ3n) is 3.92. The highest BCUT2D eigenvalue weighted by Crippen LogP contribution is 2.27. The van der Waals surface area contributed by atoms with Crippen molar-refractivity contribution < 1.29 is 9.53 Å². The maximum Gasteiger partial charge on any atom is 0.196 e. The summed E-state index contributed by atoms with van der Waals surface area (Å²) < 4.78 is 5.34. The van der Waals surface area contributed by atoms with Crippen LogP contribution in [-0.2, 0) is 9.53 Å². The van der Waals surface area contributed by atoms with E-state index in [1.54, 1.807) is 6.92 Å². The molecule has 1 heterocycles. The molecule has 0 aliphatic carbocycles. The van der Waals surface area contributed by atoms with E-state index in [9.17, 15) is 4.79 Å². The number of carbonyl (C=O) groups is 1. The van der Waals surface area contributed by atoms with Gasteiger partial charge in [-0.1, -0.05) is 48.5 Å². The Morgan fingerprint density at radius 3 is 2.42 bits per heavy atom. The van der Waals surface area contributed by atoms with E-state index in [-0.39, 0.29) is 5.78 Å². The van der Waals surface area contributed by atoms with Crippen molar-refractivity contribution in [3.8, 4) is 11.1 Å². The Kier molecular flexibility index (Phi) is 5.23. The van der Waals surface area contributed by atoms with Gasteiger partial charge in [-0.05, 0) is 11.6 Å². The molecule has 0 atom stereocenters. The third-order valence-corrected chi connectivity index (χ3v) is 3.92. The van der Waals surface area contributed by atoms with E-state index >= 15 is 0 Å². The summed E-state index contributed by atoms with van der Waals surface area (Å²) in [4.78, 5) is 13.9. The lowest BCUT2D eigenvalue weighted by Gasteiger charge is -2.28. The highest BCUT2D eigenvalue weighted by molar-refractivity contribution is 6.37. The van der Waals surface area contributed by atoms with Crippen molar-refractivity contribution in [2.24, 2.45) is 5.10 Å². The zero-order valence-electron chi connectivity index (χ0n) is 13.7. The zero-order valence-corrected chi connectivity index (χ0v) is 13.7. The largest absolute Gasteiger partial charge is 0.378 e. The monoisotopic (exact) mass is 323 g/mol. The molecule has 5 nitrogen and oxygen atoms in total. The first kappa shape index (κ1) is 16.2. The maximum absolute atomic E-state index is 12.0. The van der Waals surface area contributed by atoms with Crippen LogP contribution in [0.15, 0.2) is 59.7 Å². The van der Waals surface area contributed by atoms with Gasteiger partial charge in [-0.15, -0.1) is 0 Å². The van der Waals surface area contributed by atoms with Crippen molar-refractivity contribution in [1.29, 1.82) is 0 Å². The second-order valence-corrected chi connectivity index (χ2v) is 5.61. The van der Waals surface area contributed by atoms with Gasteiger partial charge in [0.1, 0.15) is 0 Å². The topological polar surface area (TPSA) is 53.9 Å². The van der Waals surface area contributed by atoms with Crippen molar-refractivity contribution in [1.82, 2.24) is 4.90 Å². The van der Waals surface area contributed by atoms with Gasteiger partial charge in [0.2, 0.25) is 0 Å². The van der Waals surface area contributed by atoms with Crippen molar-refractivity contribution >= 4 is 17.3 Å². The Hall–Kier alpha value is -2.66. The average Bonchev–Trinajstić information content (AvgIpc) is 2.64. The van der Waals surface area contributed by atoms with Crippen LogP contribution in [0, 0.1) is 0 Å². The molecule has 1 aliphatic heterocycles. The van der Waals surface area contributed by atoms with Gasteiger partial charge in [0.25, 0.3) is 0 Å². The average molecular weight is 323 g/mol. The minimum Gasteiger partial charge on any atom is -0.378 e. The summed E-state index contributed by atoms with van der Waals surface area (Å²) in [6.07, 6.45) is 0. The molecule has 1 saturated heterocycles. The fraction of sp³-hybridized carbons (Fsp3) is 0.263. The first-order chi connectivity index (χ1) is 11.8. The van der Waals surface area contributed by atoms with Crippen LogP contribution in [0.25, 0.3) is 11.1 Å². The van der Waals surface area contributed by atoms with Crippen molar-refractivity contribution in [3.63, 3.8) is 0 Å². The summed E-state index contributed by atoms with van der Waals surface area (Å²) in [5.41, 5.74) is 6.10. The van der Waals surface area contributed by atoms with Gasteiger partial charge in [-0.2, -0.15) is 5.10 Å². The molecule has 2 aromatic rings. The number of Topliss-reactive ketones (excluding diaryl/α,β-unsaturated/α-hetero) is 1. The predicted octanol–water partition coefficient (Wildman–Crippen LogP) is 3.00. The Balaban J connectivity index is 1.86. The molecule has 0 saturated carbocycles. The molecule has 0 spiro atoms. The molecular formula is C19H21N3O2. The molecule has 1 fully saturated rings. The minimum atomic E-state index is -0.0541. The number of morpholine rings is 1. The summed E-state index contributed by atoms with van der Waals surface area (Å²) in [7, 11) is 0. The molecule has 24 heavy (non-hydrogen) atoms. The second-order valence-electron chi connectivity index (χ2n) is 5.61. The van der Waals surface area contributed by atoms with Gasteiger partial charge >= 0.3 is 0 Å². The molecule has 1 N–H and O–H groups in total. The molecule has 0 unspecified atom stereocenters. The third kappa shape index (κ3) is 3.81. The van der Waals surface area contributed by atoms with Crippen LogP contribution in [0.3, 0.4) is 0 Å². The summed E-state index contributed by atoms with van der Waals surface area (Å²) >= 11 is 0. The lowest BCUT2D eigenvalue weighted by atomic mass is 10.0. The number of amidine groups is 1. The van der Waals surface area contributed by atoms with Crippen LogP contribution in [0.5, 0.6) is 0 Å². The Bertz CT molecular complexity index is 722. The molecule has 2 aromatic carbocycles. The van der Waals surface area contributed by atoms with Crippen LogP contribution >= 0.6 is 0 Å². The summed E-state index contributed by atoms with van der Waals surface area (Å²) in [6.45, 7) is 4.14. The first-order valence-electron chi connectivity index (χ1n) is 8.07. The Morgan fingerprint density at radius 2 is 1.71 bits per heavy atom. The number of para-hydroxylation sites is 1. The van der Waals surface area contributed by atoms with Gasteiger partial charge in [0, 0.05) is 25.6 Å². The van der Waals surface area contributed by atoms with Gasteiger partial charge < -0.3 is 9.64 Å². The number of ketones is 1. The normalized spacial score (nSPS) is 15.2. The number of benzene rings is 2. The molecule has 1 aliphatic rings. The summed E-state index contributed by atoms with van der Waals surface area (Å²) in [5, 5.41) is 4.39. The van der Waals surface area contributed by atoms with Crippen LogP contribution in [0.1, 0.15) is 6.92 Å². The smallest absolute Gasteiger partial charge is 0.196 e. The number of nitrogens with one attached hydrogen (secondary N) is 1. The quantitative estimate of drug-likeness (QED) is 0.534. The number of nitrogens with zero attached hydrogens (tertiary/aromatic N) is 2. The fourth-order valence-corrected chi connectivity index (χ4v) is 2.71. The standard InChI is InChI=1S/C19H21N3O2/c1-15(23)19(22-11-13-24-14-12-22)21-20-18-10-6-5-9-17(18)16-7-3-2-4-8-16/h2-10,20H,11-14H2,1H3. The lowest BCUT2D eigenvalue weighted by Crippen LogP contribution is -2.44. The van der Waals surface area contributed by atoms with E-state index in [1.807, 2.05) is 47.4 Å². The molecule has 0 amide bonds. The summed E-state index contributed by atoms with van der Waals surface area (Å²) in [6, 6.07) is 18.0. The van der Waals surface area contributed by atoms with Gasteiger partial charge in [0.15, 0.2) is 11.6 Å². The van der Waals surface area contributed by atoms with Crippen LogP contribution in [0.2, 0.25) is 0 Å². The fourth-order valence-electron chi connectivity index (χ4n) is 2.71. The Morgan fingerprint density at radius 1 is 1.04 bits per heavy atom. The number of hydrazone groups is 1. The number of hydrogen-bond donors (Lipinski definition) is 1. The predicted molar refractivity (Wildman–Crippen MR) is 96.0 cm³/mol. The maximum atomic E-state index is 12.0. The van der Waals surface area contributed by atoms with Crippen LogP contribution in [-0.4, -0.2) is 42.8 Å². The number of rotatable bonds is 4. The van der Waals surface area contributed by atoms with Crippen molar-refractivity contribution in [3.05, 3.63) is 54.6 Å². The molecule has 124 valence electrons. The molecule has 5 heteroatoms. The number of anilines is 1. The SMILES string of the molecule is CC(=O)C(=NNc1ccccc1-c1ccccc1)N1CCOCC1. The van der Waals surface area contributed by atoms with Gasteiger partial charge in [0.05, 0.1) is 18.9 Å². The van der Waals surface area contributed by atoms with E-state index in [1.165, 1.54) is 0 Å². The van der Waals surface area contributed by atoms with Crippen molar-refractivity contribution in [2.45, 2.75) is 6.92 Å². The molecule has 0 aromatic heterocycles.